The SMILES string of the molecule is Cc1cc(C)cc(C2CCCN2C(=O)C2CC(=O)N(C(C)C)C2)c1. The molecule has 1 aromatic carbocycles. The number of hydrogen-bond donors (Lipinski definition) is 0. The lowest BCUT2D eigenvalue weighted by atomic mass is 9.98. The van der Waals surface area contributed by atoms with Crippen LogP contribution in [0.2, 0.25) is 0 Å². The van der Waals surface area contributed by atoms with Crippen molar-refractivity contribution in [3.63, 3.8) is 0 Å². The molecule has 2 heterocycles. The lowest BCUT2D eigenvalue weighted by Crippen LogP contribution is -2.38. The van der Waals surface area contributed by atoms with Crippen molar-refractivity contribution in [3.05, 3.63) is 34.9 Å². The molecular weight excluding hydrogens is 300 g/mol. The number of nitrogens with zero attached hydrogens (tertiary/aromatic N) is 2. The summed E-state index contributed by atoms with van der Waals surface area (Å²) in [6, 6.07) is 6.90. The minimum absolute atomic E-state index is 0.116. The molecule has 3 rings (SSSR count). The summed E-state index contributed by atoms with van der Waals surface area (Å²) in [6.07, 6.45) is 2.42. The molecule has 4 heteroatoms. The van der Waals surface area contributed by atoms with E-state index in [2.05, 4.69) is 32.0 Å². The van der Waals surface area contributed by atoms with Crippen molar-refractivity contribution in [2.45, 2.75) is 59.0 Å². The molecule has 24 heavy (non-hydrogen) atoms. The first-order chi connectivity index (χ1) is 11.4. The number of carbonyl (C=O) groups excluding carboxylic acids is 2. The van der Waals surface area contributed by atoms with Gasteiger partial charge in [-0.05, 0) is 46.1 Å². The summed E-state index contributed by atoms with van der Waals surface area (Å²) < 4.78 is 0. The van der Waals surface area contributed by atoms with Gasteiger partial charge in [-0.25, -0.2) is 0 Å². The summed E-state index contributed by atoms with van der Waals surface area (Å²) in [5.74, 6) is 0.102. The van der Waals surface area contributed by atoms with Gasteiger partial charge in [0.25, 0.3) is 0 Å². The molecule has 4 nitrogen and oxygen atoms in total. The van der Waals surface area contributed by atoms with E-state index >= 15 is 0 Å². The second-order valence-electron chi connectivity index (χ2n) is 7.65. The van der Waals surface area contributed by atoms with Crippen LogP contribution in [0.5, 0.6) is 0 Å². The van der Waals surface area contributed by atoms with Crippen LogP contribution in [0.25, 0.3) is 0 Å². The highest BCUT2D eigenvalue weighted by Gasteiger charge is 2.40. The maximum atomic E-state index is 13.1. The number of hydrogen-bond acceptors (Lipinski definition) is 2. The Balaban J connectivity index is 1.78. The fraction of sp³-hybridized carbons (Fsp3) is 0.600. The van der Waals surface area contributed by atoms with Gasteiger partial charge in [0.2, 0.25) is 11.8 Å². The van der Waals surface area contributed by atoms with Crippen molar-refractivity contribution in [2.75, 3.05) is 13.1 Å². The Labute approximate surface area is 144 Å². The van der Waals surface area contributed by atoms with Crippen molar-refractivity contribution in [3.8, 4) is 0 Å². The molecule has 2 aliphatic heterocycles. The zero-order valence-corrected chi connectivity index (χ0v) is 15.2. The number of amides is 2. The molecule has 0 aliphatic carbocycles. The molecule has 0 aromatic heterocycles. The molecule has 2 amide bonds. The van der Waals surface area contributed by atoms with Crippen molar-refractivity contribution < 1.29 is 9.59 Å². The van der Waals surface area contributed by atoms with Crippen molar-refractivity contribution in [1.82, 2.24) is 9.80 Å². The second-order valence-corrected chi connectivity index (χ2v) is 7.65. The minimum atomic E-state index is -0.175. The van der Waals surface area contributed by atoms with E-state index < -0.39 is 0 Å². The molecule has 0 radical (unpaired) electrons. The average molecular weight is 328 g/mol. The molecule has 2 fully saturated rings. The summed E-state index contributed by atoms with van der Waals surface area (Å²) in [6.45, 7) is 9.62. The highest BCUT2D eigenvalue weighted by molar-refractivity contribution is 5.89. The average Bonchev–Trinajstić information content (AvgIpc) is 3.11. The highest BCUT2D eigenvalue weighted by atomic mass is 16.2. The first kappa shape index (κ1) is 17.0. The van der Waals surface area contributed by atoms with Gasteiger partial charge < -0.3 is 9.80 Å². The van der Waals surface area contributed by atoms with E-state index in [1.165, 1.54) is 16.7 Å². The van der Waals surface area contributed by atoms with Gasteiger partial charge in [0, 0.05) is 25.6 Å². The molecule has 2 unspecified atom stereocenters. The van der Waals surface area contributed by atoms with Gasteiger partial charge in [-0.1, -0.05) is 29.3 Å². The van der Waals surface area contributed by atoms with E-state index in [1.807, 2.05) is 23.6 Å². The molecule has 2 aliphatic rings. The number of likely N-dealkylation sites (tertiary alicyclic amines) is 2. The summed E-state index contributed by atoms with van der Waals surface area (Å²) in [5.41, 5.74) is 3.72. The Morgan fingerprint density at radius 1 is 1.17 bits per heavy atom. The van der Waals surface area contributed by atoms with Crippen LogP contribution in [0.4, 0.5) is 0 Å². The summed E-state index contributed by atoms with van der Waals surface area (Å²) in [4.78, 5) is 29.1. The normalized spacial score (nSPS) is 24.3. The van der Waals surface area contributed by atoms with Crippen LogP contribution >= 0.6 is 0 Å². The van der Waals surface area contributed by atoms with Crippen LogP contribution in [0.1, 0.15) is 55.8 Å². The number of carbonyl (C=O) groups is 2. The topological polar surface area (TPSA) is 40.6 Å². The number of aryl methyl sites for hydroxylation is 2. The maximum Gasteiger partial charge on any atom is 0.228 e. The first-order valence-corrected chi connectivity index (χ1v) is 9.05. The van der Waals surface area contributed by atoms with E-state index in [9.17, 15) is 9.59 Å². The van der Waals surface area contributed by atoms with Crippen molar-refractivity contribution in [2.24, 2.45) is 5.92 Å². The number of rotatable bonds is 3. The lowest BCUT2D eigenvalue weighted by Gasteiger charge is -2.28. The highest BCUT2D eigenvalue weighted by Crippen LogP contribution is 2.35. The van der Waals surface area contributed by atoms with E-state index in [4.69, 9.17) is 0 Å². The van der Waals surface area contributed by atoms with Crippen LogP contribution in [-0.4, -0.2) is 40.7 Å². The second kappa shape index (κ2) is 6.58. The van der Waals surface area contributed by atoms with Gasteiger partial charge in [0.05, 0.1) is 12.0 Å². The summed E-state index contributed by atoms with van der Waals surface area (Å²) in [5, 5.41) is 0. The Hall–Kier alpha value is -1.84. The van der Waals surface area contributed by atoms with Gasteiger partial charge in [-0.15, -0.1) is 0 Å². The molecule has 130 valence electrons. The molecule has 0 N–H and O–H groups in total. The Morgan fingerprint density at radius 2 is 1.83 bits per heavy atom. The Morgan fingerprint density at radius 3 is 2.42 bits per heavy atom. The predicted molar refractivity (Wildman–Crippen MR) is 94.6 cm³/mol. The molecule has 0 bridgehead atoms. The molecule has 2 atom stereocenters. The van der Waals surface area contributed by atoms with Gasteiger partial charge in [0.1, 0.15) is 0 Å². The molecule has 2 saturated heterocycles. The van der Waals surface area contributed by atoms with Crippen molar-refractivity contribution >= 4 is 11.8 Å². The zero-order chi connectivity index (χ0) is 17.4. The largest absolute Gasteiger partial charge is 0.339 e. The minimum Gasteiger partial charge on any atom is -0.339 e. The van der Waals surface area contributed by atoms with E-state index in [0.29, 0.717) is 13.0 Å². The number of benzene rings is 1. The van der Waals surface area contributed by atoms with Gasteiger partial charge in [-0.3, -0.25) is 9.59 Å². The first-order valence-electron chi connectivity index (χ1n) is 9.05. The van der Waals surface area contributed by atoms with E-state index in [-0.39, 0.29) is 29.8 Å². The fourth-order valence-corrected chi connectivity index (χ4v) is 4.21. The maximum absolute atomic E-state index is 13.1. The predicted octanol–water partition coefficient (Wildman–Crippen LogP) is 3.22. The zero-order valence-electron chi connectivity index (χ0n) is 15.2. The lowest BCUT2D eigenvalue weighted by molar-refractivity contribution is -0.136. The third kappa shape index (κ3) is 3.19. The smallest absolute Gasteiger partial charge is 0.228 e. The standard InChI is InChI=1S/C20H28N2O2/c1-13(2)22-12-17(11-19(22)23)20(24)21-7-5-6-18(21)16-9-14(3)8-15(4)10-16/h8-10,13,17-18H,5-7,11-12H2,1-4H3. The van der Waals surface area contributed by atoms with E-state index in [0.717, 1.165) is 19.4 Å². The van der Waals surface area contributed by atoms with Gasteiger partial charge >= 0.3 is 0 Å². The van der Waals surface area contributed by atoms with Crippen LogP contribution in [-0.2, 0) is 9.59 Å². The molecule has 0 saturated carbocycles. The summed E-state index contributed by atoms with van der Waals surface area (Å²) >= 11 is 0. The van der Waals surface area contributed by atoms with Crippen LogP contribution in [0, 0.1) is 19.8 Å². The van der Waals surface area contributed by atoms with Crippen LogP contribution < -0.4 is 0 Å². The summed E-state index contributed by atoms with van der Waals surface area (Å²) in [7, 11) is 0. The molecule has 1 aromatic rings. The quantitative estimate of drug-likeness (QED) is 0.855. The monoisotopic (exact) mass is 328 g/mol. The van der Waals surface area contributed by atoms with Crippen molar-refractivity contribution in [1.29, 1.82) is 0 Å². The molecule has 0 spiro atoms. The third-order valence-corrected chi connectivity index (χ3v) is 5.30. The van der Waals surface area contributed by atoms with Crippen LogP contribution in [0.3, 0.4) is 0 Å². The Kier molecular flexibility index (Phi) is 4.66. The van der Waals surface area contributed by atoms with Gasteiger partial charge in [-0.2, -0.15) is 0 Å². The molecular formula is C20H28N2O2. The van der Waals surface area contributed by atoms with Crippen LogP contribution in [0.15, 0.2) is 18.2 Å². The van der Waals surface area contributed by atoms with E-state index in [1.54, 1.807) is 0 Å². The third-order valence-electron chi connectivity index (χ3n) is 5.30. The fourth-order valence-electron chi connectivity index (χ4n) is 4.21. The van der Waals surface area contributed by atoms with Gasteiger partial charge in [0.15, 0.2) is 0 Å². The Bertz CT molecular complexity index is 633.